The van der Waals surface area contributed by atoms with E-state index < -0.39 is 0 Å². The van der Waals surface area contributed by atoms with Crippen LogP contribution in [0, 0.1) is 0 Å². The van der Waals surface area contributed by atoms with Crippen LogP contribution in [0.4, 0.5) is 0 Å². The van der Waals surface area contributed by atoms with Gasteiger partial charge in [-0.15, -0.1) is 0 Å². The van der Waals surface area contributed by atoms with E-state index in [0.717, 1.165) is 24.9 Å². The fourth-order valence-corrected chi connectivity index (χ4v) is 3.19. The van der Waals surface area contributed by atoms with Crippen molar-refractivity contribution in [1.29, 1.82) is 0 Å². The molecule has 6 nitrogen and oxygen atoms in total. The molecule has 6 heteroatoms. The molecular weight excluding hydrogens is 344 g/mol. The lowest BCUT2D eigenvalue weighted by Gasteiger charge is -2.14. The predicted octanol–water partition coefficient (Wildman–Crippen LogP) is 2.87. The topological polar surface area (TPSA) is 67.9 Å². The molecule has 0 radical (unpaired) electrons. The molecule has 2 aromatic rings. The number of imide groups is 1. The fourth-order valence-electron chi connectivity index (χ4n) is 3.19. The van der Waals surface area contributed by atoms with Crippen molar-refractivity contribution in [3.05, 3.63) is 59.2 Å². The lowest BCUT2D eigenvalue weighted by atomic mass is 10.1. The van der Waals surface area contributed by atoms with Gasteiger partial charge in [-0.3, -0.25) is 14.5 Å². The summed E-state index contributed by atoms with van der Waals surface area (Å²) in [6, 6.07) is 12.8. The van der Waals surface area contributed by atoms with Gasteiger partial charge in [0.15, 0.2) is 11.5 Å². The van der Waals surface area contributed by atoms with E-state index in [9.17, 15) is 9.59 Å². The molecule has 0 aromatic heterocycles. The number of unbranched alkanes of at least 4 members (excludes halogenated alkanes) is 1. The van der Waals surface area contributed by atoms with E-state index in [2.05, 4.69) is 5.32 Å². The molecule has 0 atom stereocenters. The van der Waals surface area contributed by atoms with Crippen LogP contribution in [0.5, 0.6) is 11.5 Å². The molecule has 0 bridgehead atoms. The monoisotopic (exact) mass is 368 g/mol. The van der Waals surface area contributed by atoms with Crippen LogP contribution in [-0.2, 0) is 6.54 Å². The quantitative estimate of drug-likeness (QED) is 0.544. The first-order valence-corrected chi connectivity index (χ1v) is 9.02. The van der Waals surface area contributed by atoms with Crippen molar-refractivity contribution in [2.75, 3.05) is 27.3 Å². The molecule has 0 saturated heterocycles. The molecule has 2 aromatic carbocycles. The van der Waals surface area contributed by atoms with Crippen molar-refractivity contribution in [1.82, 2.24) is 10.2 Å². The second kappa shape index (κ2) is 8.68. The summed E-state index contributed by atoms with van der Waals surface area (Å²) in [7, 11) is 3.23. The number of fused-ring (bicyclic) bond motifs is 1. The largest absolute Gasteiger partial charge is 0.493 e. The van der Waals surface area contributed by atoms with E-state index >= 15 is 0 Å². The van der Waals surface area contributed by atoms with Gasteiger partial charge in [-0.05, 0) is 49.2 Å². The molecule has 0 fully saturated rings. The summed E-state index contributed by atoms with van der Waals surface area (Å²) in [5, 5.41) is 3.37. The van der Waals surface area contributed by atoms with E-state index in [1.165, 1.54) is 4.90 Å². The second-order valence-electron chi connectivity index (χ2n) is 6.38. The number of nitrogens with zero attached hydrogens (tertiary/aromatic N) is 1. The zero-order valence-corrected chi connectivity index (χ0v) is 15.7. The Balaban J connectivity index is 1.40. The third kappa shape index (κ3) is 4.11. The van der Waals surface area contributed by atoms with Gasteiger partial charge in [0.05, 0.1) is 25.3 Å². The van der Waals surface area contributed by atoms with Crippen molar-refractivity contribution < 1.29 is 19.1 Å². The fraction of sp³-hybridized carbons (Fsp3) is 0.333. The minimum absolute atomic E-state index is 0.186. The first kappa shape index (κ1) is 18.9. The van der Waals surface area contributed by atoms with Gasteiger partial charge in [0, 0.05) is 13.1 Å². The maximum absolute atomic E-state index is 12.3. The van der Waals surface area contributed by atoms with Crippen LogP contribution in [-0.4, -0.2) is 44.0 Å². The average Bonchev–Trinajstić information content (AvgIpc) is 2.95. The Morgan fingerprint density at radius 3 is 2.19 bits per heavy atom. The normalized spacial score (nSPS) is 13.0. The van der Waals surface area contributed by atoms with Crippen LogP contribution >= 0.6 is 0 Å². The Morgan fingerprint density at radius 2 is 1.56 bits per heavy atom. The number of carbonyl (C=O) groups is 2. The molecule has 0 aliphatic carbocycles. The molecule has 1 heterocycles. The van der Waals surface area contributed by atoms with E-state index in [1.54, 1.807) is 38.5 Å². The van der Waals surface area contributed by atoms with E-state index in [-0.39, 0.29) is 11.8 Å². The number of hydrogen-bond acceptors (Lipinski definition) is 5. The van der Waals surface area contributed by atoms with Gasteiger partial charge in [0.2, 0.25) is 0 Å². The van der Waals surface area contributed by atoms with Crippen molar-refractivity contribution in [3.63, 3.8) is 0 Å². The summed E-state index contributed by atoms with van der Waals surface area (Å²) in [5.74, 6) is 1.05. The zero-order chi connectivity index (χ0) is 19.2. The molecule has 1 aliphatic heterocycles. The third-order valence-corrected chi connectivity index (χ3v) is 4.64. The van der Waals surface area contributed by atoms with Gasteiger partial charge in [0.25, 0.3) is 11.8 Å². The Morgan fingerprint density at radius 1 is 0.889 bits per heavy atom. The van der Waals surface area contributed by atoms with Crippen molar-refractivity contribution >= 4 is 11.8 Å². The first-order valence-electron chi connectivity index (χ1n) is 9.02. The summed E-state index contributed by atoms with van der Waals surface area (Å²) in [4.78, 5) is 25.9. The molecule has 3 rings (SSSR count). The Kier molecular flexibility index (Phi) is 6.08. The van der Waals surface area contributed by atoms with E-state index in [4.69, 9.17) is 9.47 Å². The van der Waals surface area contributed by atoms with Crippen LogP contribution in [0.3, 0.4) is 0 Å². The first-order chi connectivity index (χ1) is 13.2. The molecule has 27 heavy (non-hydrogen) atoms. The summed E-state index contributed by atoms with van der Waals surface area (Å²) in [5.41, 5.74) is 2.12. The highest BCUT2D eigenvalue weighted by Gasteiger charge is 2.34. The summed E-state index contributed by atoms with van der Waals surface area (Å²) < 4.78 is 10.5. The van der Waals surface area contributed by atoms with Gasteiger partial charge in [-0.1, -0.05) is 18.2 Å². The van der Waals surface area contributed by atoms with Crippen LogP contribution < -0.4 is 14.8 Å². The predicted molar refractivity (Wildman–Crippen MR) is 102 cm³/mol. The number of amides is 2. The highest BCUT2D eigenvalue weighted by molar-refractivity contribution is 6.21. The average molecular weight is 368 g/mol. The van der Waals surface area contributed by atoms with Crippen molar-refractivity contribution in [2.45, 2.75) is 19.4 Å². The van der Waals surface area contributed by atoms with Crippen LogP contribution in [0.25, 0.3) is 0 Å². The molecular formula is C21H24N2O4. The number of rotatable bonds is 9. The second-order valence-corrected chi connectivity index (χ2v) is 6.38. The smallest absolute Gasteiger partial charge is 0.261 e. The van der Waals surface area contributed by atoms with Gasteiger partial charge < -0.3 is 14.8 Å². The van der Waals surface area contributed by atoms with Gasteiger partial charge >= 0.3 is 0 Å². The standard InChI is InChI=1S/C21H24N2O4/c1-26-18-10-9-15(13-19(18)27-2)14-22-11-5-6-12-23-20(24)16-7-3-4-8-17(16)21(23)25/h3-4,7-10,13,22H,5-6,11-12,14H2,1-2H3. The van der Waals surface area contributed by atoms with Gasteiger partial charge in [0.1, 0.15) is 0 Å². The van der Waals surface area contributed by atoms with Crippen LogP contribution in [0.15, 0.2) is 42.5 Å². The van der Waals surface area contributed by atoms with Gasteiger partial charge in [-0.25, -0.2) is 0 Å². The number of hydrogen-bond donors (Lipinski definition) is 1. The SMILES string of the molecule is COc1ccc(CNCCCCN2C(=O)c3ccccc3C2=O)cc1OC. The Labute approximate surface area is 159 Å². The summed E-state index contributed by atoms with van der Waals surface area (Å²) in [6.45, 7) is 1.97. The van der Waals surface area contributed by atoms with Gasteiger partial charge in [-0.2, -0.15) is 0 Å². The Bertz CT molecular complexity index is 800. The Hall–Kier alpha value is -2.86. The number of methoxy groups -OCH3 is 2. The molecule has 0 saturated carbocycles. The summed E-state index contributed by atoms with van der Waals surface area (Å²) in [6.07, 6.45) is 1.64. The van der Waals surface area contributed by atoms with Crippen molar-refractivity contribution in [2.24, 2.45) is 0 Å². The highest BCUT2D eigenvalue weighted by atomic mass is 16.5. The number of ether oxygens (including phenoxy) is 2. The minimum Gasteiger partial charge on any atom is -0.493 e. The molecule has 1 aliphatic rings. The molecule has 0 spiro atoms. The van der Waals surface area contributed by atoms with Crippen molar-refractivity contribution in [3.8, 4) is 11.5 Å². The molecule has 2 amide bonds. The maximum atomic E-state index is 12.3. The van der Waals surface area contributed by atoms with E-state index in [1.807, 2.05) is 18.2 Å². The lowest BCUT2D eigenvalue weighted by Crippen LogP contribution is -2.31. The molecule has 142 valence electrons. The molecule has 1 N–H and O–H groups in total. The highest BCUT2D eigenvalue weighted by Crippen LogP contribution is 2.27. The number of nitrogens with one attached hydrogen (secondary N) is 1. The minimum atomic E-state index is -0.186. The molecule has 0 unspecified atom stereocenters. The number of benzene rings is 2. The third-order valence-electron chi connectivity index (χ3n) is 4.64. The lowest BCUT2D eigenvalue weighted by molar-refractivity contribution is 0.0651. The zero-order valence-electron chi connectivity index (χ0n) is 15.7. The maximum Gasteiger partial charge on any atom is 0.261 e. The van der Waals surface area contributed by atoms with Crippen LogP contribution in [0.2, 0.25) is 0 Å². The van der Waals surface area contributed by atoms with E-state index in [0.29, 0.717) is 35.7 Å². The summed E-state index contributed by atoms with van der Waals surface area (Å²) >= 11 is 0. The van der Waals surface area contributed by atoms with Crippen LogP contribution in [0.1, 0.15) is 39.1 Å². The number of carbonyl (C=O) groups excluding carboxylic acids is 2.